The van der Waals surface area contributed by atoms with Gasteiger partial charge in [0, 0.05) is 23.6 Å². The number of methoxy groups -OCH3 is 1. The molecule has 1 heterocycles. The van der Waals surface area contributed by atoms with Crippen LogP contribution < -0.4 is 0 Å². The minimum absolute atomic E-state index is 0.369. The number of carbonyl (C=O) groups excluding carboxylic acids is 1. The van der Waals surface area contributed by atoms with E-state index in [9.17, 15) is 10.1 Å². The maximum Gasteiger partial charge on any atom is 0.337 e. The Bertz CT molecular complexity index is 872. The predicted molar refractivity (Wildman–Crippen MR) is 87.3 cm³/mol. The van der Waals surface area contributed by atoms with Gasteiger partial charge in [-0.3, -0.25) is 0 Å². The molecule has 0 unspecified atom stereocenters. The van der Waals surface area contributed by atoms with Gasteiger partial charge in [-0.15, -0.1) is 0 Å². The Morgan fingerprint density at radius 3 is 2.35 bits per heavy atom. The summed E-state index contributed by atoms with van der Waals surface area (Å²) in [6, 6.07) is 19.1. The first-order valence-corrected chi connectivity index (χ1v) is 7.09. The first kappa shape index (κ1) is 14.6. The summed E-state index contributed by atoms with van der Waals surface area (Å²) in [5, 5.41) is 9.36. The molecule has 0 aliphatic carbocycles. The zero-order valence-electron chi connectivity index (χ0n) is 12.6. The van der Waals surface area contributed by atoms with Gasteiger partial charge in [0.25, 0.3) is 0 Å². The molecule has 0 bridgehead atoms. The third-order valence-corrected chi connectivity index (χ3v) is 3.62. The minimum Gasteiger partial charge on any atom is -0.465 e. The van der Waals surface area contributed by atoms with Crippen molar-refractivity contribution in [3.8, 4) is 22.9 Å². The Kier molecular flexibility index (Phi) is 3.94. The first-order valence-electron chi connectivity index (χ1n) is 7.09. The number of aromatic nitrogens is 1. The van der Waals surface area contributed by atoms with Crippen molar-refractivity contribution in [2.75, 3.05) is 7.11 Å². The largest absolute Gasteiger partial charge is 0.465 e. The van der Waals surface area contributed by atoms with Crippen molar-refractivity contribution in [1.29, 1.82) is 5.26 Å². The third kappa shape index (κ3) is 2.85. The number of ether oxygens (including phenoxy) is 1. The lowest BCUT2D eigenvalue weighted by molar-refractivity contribution is 0.0601. The standard InChI is InChI=1S/C19H14N2O2/c1-23-19(22)15-7-9-17(10-8-15)21-12-16(11-20)18(13-21)14-5-3-2-4-6-14/h2-10,12-13H,1H3. The molecule has 2 aromatic carbocycles. The number of hydrogen-bond acceptors (Lipinski definition) is 3. The van der Waals surface area contributed by atoms with E-state index in [-0.39, 0.29) is 5.97 Å². The molecule has 0 saturated carbocycles. The summed E-state index contributed by atoms with van der Waals surface area (Å²) in [5.74, 6) is -0.369. The zero-order valence-corrected chi connectivity index (χ0v) is 12.6. The minimum atomic E-state index is -0.369. The molecule has 0 radical (unpaired) electrons. The van der Waals surface area contributed by atoms with E-state index >= 15 is 0 Å². The maximum atomic E-state index is 11.5. The van der Waals surface area contributed by atoms with Crippen molar-refractivity contribution in [3.05, 3.63) is 78.1 Å². The second-order valence-electron chi connectivity index (χ2n) is 5.01. The van der Waals surface area contributed by atoms with E-state index in [0.29, 0.717) is 11.1 Å². The summed E-state index contributed by atoms with van der Waals surface area (Å²) >= 11 is 0. The maximum absolute atomic E-state index is 11.5. The fourth-order valence-electron chi connectivity index (χ4n) is 2.43. The van der Waals surface area contributed by atoms with Gasteiger partial charge >= 0.3 is 5.97 Å². The molecule has 4 heteroatoms. The van der Waals surface area contributed by atoms with E-state index in [2.05, 4.69) is 6.07 Å². The molecule has 4 nitrogen and oxygen atoms in total. The van der Waals surface area contributed by atoms with Crippen molar-refractivity contribution >= 4 is 5.97 Å². The molecule has 3 aromatic rings. The SMILES string of the molecule is COC(=O)c1ccc(-n2cc(C#N)c(-c3ccccc3)c2)cc1. The fraction of sp³-hybridized carbons (Fsp3) is 0.0526. The number of nitriles is 1. The molecule has 3 rings (SSSR count). The second-order valence-corrected chi connectivity index (χ2v) is 5.01. The van der Waals surface area contributed by atoms with Crippen molar-refractivity contribution in [2.45, 2.75) is 0 Å². The summed E-state index contributed by atoms with van der Waals surface area (Å²) in [4.78, 5) is 11.5. The number of esters is 1. The average Bonchev–Trinajstić information content (AvgIpc) is 3.06. The predicted octanol–water partition coefficient (Wildman–Crippen LogP) is 3.80. The second kappa shape index (κ2) is 6.20. The van der Waals surface area contributed by atoms with E-state index in [1.165, 1.54) is 7.11 Å². The summed E-state index contributed by atoms with van der Waals surface area (Å²) in [5.41, 5.74) is 3.84. The summed E-state index contributed by atoms with van der Waals surface area (Å²) in [6.45, 7) is 0. The van der Waals surface area contributed by atoms with Crippen LogP contribution in [0, 0.1) is 11.3 Å². The quantitative estimate of drug-likeness (QED) is 0.691. The van der Waals surface area contributed by atoms with Gasteiger partial charge in [-0.1, -0.05) is 30.3 Å². The summed E-state index contributed by atoms with van der Waals surface area (Å²) in [7, 11) is 1.35. The molecule has 0 spiro atoms. The van der Waals surface area contributed by atoms with Crippen molar-refractivity contribution in [2.24, 2.45) is 0 Å². The highest BCUT2D eigenvalue weighted by Gasteiger charge is 2.10. The van der Waals surface area contributed by atoms with Crippen molar-refractivity contribution in [3.63, 3.8) is 0 Å². The third-order valence-electron chi connectivity index (χ3n) is 3.62. The van der Waals surface area contributed by atoms with Gasteiger partial charge in [0.1, 0.15) is 6.07 Å². The molecule has 23 heavy (non-hydrogen) atoms. The summed E-state index contributed by atoms with van der Waals surface area (Å²) < 4.78 is 6.57. The van der Waals surface area contributed by atoms with Gasteiger partial charge in [-0.05, 0) is 29.8 Å². The smallest absolute Gasteiger partial charge is 0.337 e. The van der Waals surface area contributed by atoms with Gasteiger partial charge in [-0.25, -0.2) is 4.79 Å². The lowest BCUT2D eigenvalue weighted by Gasteiger charge is -2.04. The molecule has 1 aromatic heterocycles. The number of benzene rings is 2. The fourth-order valence-corrected chi connectivity index (χ4v) is 2.43. The Morgan fingerprint density at radius 2 is 1.74 bits per heavy atom. The van der Waals surface area contributed by atoms with Gasteiger partial charge in [0.15, 0.2) is 0 Å². The highest BCUT2D eigenvalue weighted by atomic mass is 16.5. The number of nitrogens with zero attached hydrogens (tertiary/aromatic N) is 2. The van der Waals surface area contributed by atoms with Gasteiger partial charge in [0.2, 0.25) is 0 Å². The molecule has 0 aliphatic rings. The molecule has 112 valence electrons. The molecule has 0 atom stereocenters. The molecule has 0 aliphatic heterocycles. The van der Waals surface area contributed by atoms with Crippen LogP contribution in [0.1, 0.15) is 15.9 Å². The molecule has 0 N–H and O–H groups in total. The molecular formula is C19H14N2O2. The van der Waals surface area contributed by atoms with Crippen LogP contribution in [-0.2, 0) is 4.74 Å². The van der Waals surface area contributed by atoms with E-state index in [1.807, 2.05) is 53.2 Å². The van der Waals surface area contributed by atoms with Gasteiger partial charge in [0.05, 0.1) is 18.2 Å². The van der Waals surface area contributed by atoms with Gasteiger partial charge < -0.3 is 9.30 Å². The van der Waals surface area contributed by atoms with Crippen LogP contribution in [0.4, 0.5) is 0 Å². The molecule has 0 amide bonds. The van der Waals surface area contributed by atoms with E-state index in [0.717, 1.165) is 16.8 Å². The van der Waals surface area contributed by atoms with Crippen LogP contribution in [0.15, 0.2) is 67.0 Å². The lowest BCUT2D eigenvalue weighted by atomic mass is 10.1. The van der Waals surface area contributed by atoms with E-state index in [4.69, 9.17) is 4.74 Å². The van der Waals surface area contributed by atoms with Crippen molar-refractivity contribution < 1.29 is 9.53 Å². The van der Waals surface area contributed by atoms with Gasteiger partial charge in [-0.2, -0.15) is 5.26 Å². The Balaban J connectivity index is 2.00. The Morgan fingerprint density at radius 1 is 1.04 bits per heavy atom. The van der Waals surface area contributed by atoms with Crippen LogP contribution in [-0.4, -0.2) is 17.6 Å². The number of carbonyl (C=O) groups is 1. The average molecular weight is 302 g/mol. The highest BCUT2D eigenvalue weighted by molar-refractivity contribution is 5.89. The van der Waals surface area contributed by atoms with Crippen LogP contribution in [0.3, 0.4) is 0 Å². The molecule has 0 fully saturated rings. The monoisotopic (exact) mass is 302 g/mol. The van der Waals surface area contributed by atoms with E-state index in [1.54, 1.807) is 18.3 Å². The van der Waals surface area contributed by atoms with Crippen LogP contribution in [0.5, 0.6) is 0 Å². The normalized spacial score (nSPS) is 10.1. The number of rotatable bonds is 3. The van der Waals surface area contributed by atoms with Crippen molar-refractivity contribution in [1.82, 2.24) is 4.57 Å². The van der Waals surface area contributed by atoms with Crippen LogP contribution in [0.25, 0.3) is 16.8 Å². The Labute approximate surface area is 134 Å². The molecule has 0 saturated heterocycles. The summed E-state index contributed by atoms with van der Waals surface area (Å²) in [6.07, 6.45) is 3.70. The first-order chi connectivity index (χ1) is 11.2. The van der Waals surface area contributed by atoms with Crippen LogP contribution in [0.2, 0.25) is 0 Å². The highest BCUT2D eigenvalue weighted by Crippen LogP contribution is 2.26. The molecular weight excluding hydrogens is 288 g/mol. The van der Waals surface area contributed by atoms with E-state index < -0.39 is 0 Å². The zero-order chi connectivity index (χ0) is 16.2. The number of hydrogen-bond donors (Lipinski definition) is 0. The Hall–Kier alpha value is -3.32. The lowest BCUT2D eigenvalue weighted by Crippen LogP contribution is -2.01. The van der Waals surface area contributed by atoms with Crippen LogP contribution >= 0.6 is 0 Å². The topological polar surface area (TPSA) is 55.0 Å².